The predicted octanol–water partition coefficient (Wildman–Crippen LogP) is 1.96. The van der Waals surface area contributed by atoms with Crippen LogP contribution >= 0.6 is 0 Å². The third-order valence-electron chi connectivity index (χ3n) is 3.48. The second kappa shape index (κ2) is 12.4. The summed E-state index contributed by atoms with van der Waals surface area (Å²) >= 11 is 0. The quantitative estimate of drug-likeness (QED) is 0.551. The number of amides is 1. The SMILES string of the molecule is CCCCN(C)CCC(=O)NCCCN(CC)CC. The molecule has 0 aliphatic carbocycles. The fourth-order valence-electron chi connectivity index (χ4n) is 1.99. The van der Waals surface area contributed by atoms with Crippen molar-refractivity contribution >= 4 is 5.91 Å². The molecule has 0 unspecified atom stereocenters. The van der Waals surface area contributed by atoms with Crippen molar-refractivity contribution in [3.8, 4) is 0 Å². The molecule has 0 atom stereocenters. The van der Waals surface area contributed by atoms with Gasteiger partial charge in [-0.1, -0.05) is 27.2 Å². The van der Waals surface area contributed by atoms with E-state index in [1.165, 1.54) is 12.8 Å². The van der Waals surface area contributed by atoms with E-state index in [2.05, 4.69) is 42.9 Å². The zero-order valence-electron chi connectivity index (χ0n) is 13.4. The molecule has 0 aliphatic heterocycles. The lowest BCUT2D eigenvalue weighted by molar-refractivity contribution is -0.121. The number of nitrogens with zero attached hydrogens (tertiary/aromatic N) is 2. The Morgan fingerprint density at radius 2 is 1.68 bits per heavy atom. The normalized spacial score (nSPS) is 11.3. The maximum absolute atomic E-state index is 11.7. The van der Waals surface area contributed by atoms with Crippen molar-refractivity contribution < 1.29 is 4.79 Å². The van der Waals surface area contributed by atoms with Crippen molar-refractivity contribution in [2.75, 3.05) is 46.3 Å². The maximum atomic E-state index is 11.7. The van der Waals surface area contributed by atoms with Gasteiger partial charge in [-0.25, -0.2) is 0 Å². The van der Waals surface area contributed by atoms with Crippen LogP contribution in [0.4, 0.5) is 0 Å². The van der Waals surface area contributed by atoms with Gasteiger partial charge in [0, 0.05) is 19.5 Å². The Morgan fingerprint density at radius 1 is 1.00 bits per heavy atom. The number of hydrogen-bond donors (Lipinski definition) is 1. The number of hydrogen-bond acceptors (Lipinski definition) is 3. The molecule has 0 aromatic carbocycles. The fourth-order valence-corrected chi connectivity index (χ4v) is 1.99. The molecule has 1 amide bonds. The molecule has 0 bridgehead atoms. The zero-order valence-corrected chi connectivity index (χ0v) is 13.4. The van der Waals surface area contributed by atoms with Crippen molar-refractivity contribution in [1.29, 1.82) is 0 Å². The molecule has 0 fully saturated rings. The van der Waals surface area contributed by atoms with Gasteiger partial charge in [0.25, 0.3) is 0 Å². The van der Waals surface area contributed by atoms with Gasteiger partial charge in [-0.05, 0) is 46.1 Å². The molecular formula is C15H33N3O. The smallest absolute Gasteiger partial charge is 0.221 e. The average Bonchev–Trinajstić information content (AvgIpc) is 2.43. The fraction of sp³-hybridized carbons (Fsp3) is 0.933. The van der Waals surface area contributed by atoms with Crippen LogP contribution in [0.2, 0.25) is 0 Å². The lowest BCUT2D eigenvalue weighted by Gasteiger charge is -2.18. The van der Waals surface area contributed by atoms with Gasteiger partial charge >= 0.3 is 0 Å². The molecule has 4 heteroatoms. The molecule has 0 saturated heterocycles. The predicted molar refractivity (Wildman–Crippen MR) is 82.4 cm³/mol. The summed E-state index contributed by atoms with van der Waals surface area (Å²) in [4.78, 5) is 16.3. The Morgan fingerprint density at radius 3 is 2.26 bits per heavy atom. The highest BCUT2D eigenvalue weighted by atomic mass is 16.1. The molecule has 0 aromatic rings. The van der Waals surface area contributed by atoms with E-state index in [4.69, 9.17) is 0 Å². The van der Waals surface area contributed by atoms with Gasteiger partial charge in [0.15, 0.2) is 0 Å². The Bertz CT molecular complexity index is 217. The maximum Gasteiger partial charge on any atom is 0.221 e. The van der Waals surface area contributed by atoms with Crippen LogP contribution in [0.5, 0.6) is 0 Å². The van der Waals surface area contributed by atoms with Crippen molar-refractivity contribution in [3.05, 3.63) is 0 Å². The van der Waals surface area contributed by atoms with Gasteiger partial charge in [-0.15, -0.1) is 0 Å². The first-order chi connectivity index (χ1) is 9.13. The van der Waals surface area contributed by atoms with Crippen LogP contribution in [0, 0.1) is 0 Å². The first kappa shape index (κ1) is 18.4. The minimum atomic E-state index is 0.183. The molecular weight excluding hydrogens is 238 g/mol. The van der Waals surface area contributed by atoms with E-state index in [-0.39, 0.29) is 5.91 Å². The van der Waals surface area contributed by atoms with E-state index in [0.717, 1.165) is 45.7 Å². The minimum absolute atomic E-state index is 0.183. The number of carbonyl (C=O) groups excluding carboxylic acids is 1. The average molecular weight is 271 g/mol. The first-order valence-corrected chi connectivity index (χ1v) is 7.81. The van der Waals surface area contributed by atoms with Crippen molar-refractivity contribution in [2.24, 2.45) is 0 Å². The molecule has 0 aromatic heterocycles. The summed E-state index contributed by atoms with van der Waals surface area (Å²) < 4.78 is 0. The molecule has 0 saturated carbocycles. The highest BCUT2D eigenvalue weighted by Gasteiger charge is 2.04. The van der Waals surface area contributed by atoms with Crippen LogP contribution in [0.3, 0.4) is 0 Å². The van der Waals surface area contributed by atoms with Crippen LogP contribution in [-0.4, -0.2) is 62.0 Å². The zero-order chi connectivity index (χ0) is 14.5. The lowest BCUT2D eigenvalue weighted by atomic mass is 10.3. The number of rotatable bonds is 12. The second-order valence-corrected chi connectivity index (χ2v) is 5.14. The van der Waals surface area contributed by atoms with Gasteiger partial charge < -0.3 is 15.1 Å². The summed E-state index contributed by atoms with van der Waals surface area (Å²) in [5, 5.41) is 3.01. The van der Waals surface area contributed by atoms with Crippen LogP contribution < -0.4 is 5.32 Å². The van der Waals surface area contributed by atoms with Gasteiger partial charge in [0.2, 0.25) is 5.91 Å². The molecule has 1 N–H and O–H groups in total. The van der Waals surface area contributed by atoms with E-state index in [1.807, 2.05) is 0 Å². The van der Waals surface area contributed by atoms with E-state index in [0.29, 0.717) is 6.42 Å². The summed E-state index contributed by atoms with van der Waals surface area (Å²) in [5.41, 5.74) is 0. The van der Waals surface area contributed by atoms with Gasteiger partial charge in [0.05, 0.1) is 0 Å². The molecule has 0 spiro atoms. The standard InChI is InChI=1S/C15H33N3O/c1-5-8-12-17(4)14-10-15(19)16-11-9-13-18(6-2)7-3/h5-14H2,1-4H3,(H,16,19). The molecule has 0 heterocycles. The van der Waals surface area contributed by atoms with Crippen LogP contribution in [0.1, 0.15) is 46.5 Å². The number of carbonyl (C=O) groups is 1. The van der Waals surface area contributed by atoms with Crippen LogP contribution in [-0.2, 0) is 4.79 Å². The minimum Gasteiger partial charge on any atom is -0.356 e. The van der Waals surface area contributed by atoms with Crippen molar-refractivity contribution in [2.45, 2.75) is 46.5 Å². The largest absolute Gasteiger partial charge is 0.356 e. The summed E-state index contributed by atoms with van der Waals surface area (Å²) in [7, 11) is 2.09. The molecule has 19 heavy (non-hydrogen) atoms. The monoisotopic (exact) mass is 271 g/mol. The van der Waals surface area contributed by atoms with E-state index in [1.54, 1.807) is 0 Å². The summed E-state index contributed by atoms with van der Waals surface area (Å²) in [5.74, 6) is 0.183. The third-order valence-corrected chi connectivity index (χ3v) is 3.48. The first-order valence-electron chi connectivity index (χ1n) is 7.81. The highest BCUT2D eigenvalue weighted by molar-refractivity contribution is 5.75. The molecule has 0 rings (SSSR count). The lowest BCUT2D eigenvalue weighted by Crippen LogP contribution is -2.32. The van der Waals surface area contributed by atoms with Gasteiger partial charge in [-0.3, -0.25) is 4.79 Å². The molecule has 0 radical (unpaired) electrons. The molecule has 4 nitrogen and oxygen atoms in total. The number of unbranched alkanes of at least 4 members (excludes halogenated alkanes) is 1. The summed E-state index contributed by atoms with van der Waals surface area (Å²) in [6.45, 7) is 12.5. The Balaban J connectivity index is 3.49. The Kier molecular flexibility index (Phi) is 12.0. The second-order valence-electron chi connectivity index (χ2n) is 5.14. The van der Waals surface area contributed by atoms with Gasteiger partial charge in [0.1, 0.15) is 0 Å². The summed E-state index contributed by atoms with van der Waals surface area (Å²) in [6, 6.07) is 0. The van der Waals surface area contributed by atoms with Crippen LogP contribution in [0.15, 0.2) is 0 Å². The highest BCUT2D eigenvalue weighted by Crippen LogP contribution is 1.94. The van der Waals surface area contributed by atoms with E-state index >= 15 is 0 Å². The van der Waals surface area contributed by atoms with Crippen LogP contribution in [0.25, 0.3) is 0 Å². The van der Waals surface area contributed by atoms with Crippen molar-refractivity contribution in [1.82, 2.24) is 15.1 Å². The van der Waals surface area contributed by atoms with Crippen molar-refractivity contribution in [3.63, 3.8) is 0 Å². The Hall–Kier alpha value is -0.610. The van der Waals surface area contributed by atoms with E-state index < -0.39 is 0 Å². The Labute approximate surface area is 119 Å². The number of nitrogens with one attached hydrogen (secondary N) is 1. The van der Waals surface area contributed by atoms with Gasteiger partial charge in [-0.2, -0.15) is 0 Å². The third kappa shape index (κ3) is 11.0. The molecule has 114 valence electrons. The molecule has 0 aliphatic rings. The van der Waals surface area contributed by atoms with E-state index in [9.17, 15) is 4.79 Å². The topological polar surface area (TPSA) is 35.6 Å². The summed E-state index contributed by atoms with van der Waals surface area (Å²) in [6.07, 6.45) is 4.08.